The fraction of sp³-hybridized carbons (Fsp3) is 0.481. The van der Waals surface area contributed by atoms with Crippen LogP contribution in [0.15, 0.2) is 48.7 Å². The van der Waals surface area contributed by atoms with Gasteiger partial charge in [0.25, 0.3) is 0 Å². The van der Waals surface area contributed by atoms with Crippen LogP contribution < -0.4 is 10.2 Å². The number of H-pyrrole nitrogens is 1. The van der Waals surface area contributed by atoms with Crippen molar-refractivity contribution in [3.63, 3.8) is 0 Å². The summed E-state index contributed by atoms with van der Waals surface area (Å²) < 4.78 is 5.51. The lowest BCUT2D eigenvalue weighted by molar-refractivity contribution is 0.0747. The predicted octanol–water partition coefficient (Wildman–Crippen LogP) is 4.84. The molecule has 3 aromatic rings. The van der Waals surface area contributed by atoms with Crippen LogP contribution in [0.2, 0.25) is 0 Å². The van der Waals surface area contributed by atoms with Gasteiger partial charge in [-0.1, -0.05) is 43.2 Å². The molecule has 0 unspecified atom stereocenters. The van der Waals surface area contributed by atoms with E-state index in [4.69, 9.17) is 9.72 Å². The lowest BCUT2D eigenvalue weighted by Gasteiger charge is -2.39. The van der Waals surface area contributed by atoms with Crippen molar-refractivity contribution in [3.8, 4) is 0 Å². The molecule has 4 heterocycles. The number of aromatic amines is 1. The quantitative estimate of drug-likeness (QED) is 0.469. The zero-order chi connectivity index (χ0) is 24.5. The van der Waals surface area contributed by atoms with Gasteiger partial charge in [0.1, 0.15) is 12.4 Å². The van der Waals surface area contributed by atoms with Crippen LogP contribution in [0.25, 0.3) is 0 Å². The van der Waals surface area contributed by atoms with E-state index in [1.54, 1.807) is 11.1 Å². The van der Waals surface area contributed by atoms with Crippen molar-refractivity contribution in [1.82, 2.24) is 25.1 Å². The van der Waals surface area contributed by atoms with Gasteiger partial charge in [-0.2, -0.15) is 10.1 Å². The Morgan fingerprint density at radius 1 is 1.19 bits per heavy atom. The zero-order valence-electron chi connectivity index (χ0n) is 20.7. The lowest BCUT2D eigenvalue weighted by Crippen LogP contribution is -2.44. The molecule has 2 bridgehead atoms. The molecule has 2 aliphatic carbocycles. The van der Waals surface area contributed by atoms with Gasteiger partial charge >= 0.3 is 6.09 Å². The zero-order valence-corrected chi connectivity index (χ0v) is 20.7. The summed E-state index contributed by atoms with van der Waals surface area (Å²) >= 11 is 0. The van der Waals surface area contributed by atoms with Gasteiger partial charge in [-0.05, 0) is 37.3 Å². The topological polar surface area (TPSA) is 99.3 Å². The number of anilines is 3. The molecule has 4 fully saturated rings. The van der Waals surface area contributed by atoms with E-state index in [0.29, 0.717) is 18.5 Å². The van der Waals surface area contributed by atoms with E-state index in [2.05, 4.69) is 31.5 Å². The Hall–Kier alpha value is -3.62. The Kier molecular flexibility index (Phi) is 5.99. The van der Waals surface area contributed by atoms with Crippen LogP contribution in [0.3, 0.4) is 0 Å². The van der Waals surface area contributed by atoms with Crippen molar-refractivity contribution in [1.29, 1.82) is 0 Å². The molecule has 0 spiro atoms. The van der Waals surface area contributed by atoms with E-state index in [-0.39, 0.29) is 18.1 Å². The average molecular weight is 488 g/mol. The molecular weight excluding hydrogens is 454 g/mol. The molecule has 1 amide bonds. The third-order valence-electron chi connectivity index (χ3n) is 7.92. The summed E-state index contributed by atoms with van der Waals surface area (Å²) in [6.07, 6.45) is 8.64. The molecule has 2 aromatic heterocycles. The van der Waals surface area contributed by atoms with Crippen molar-refractivity contribution in [2.45, 2.75) is 57.1 Å². The fourth-order valence-corrected chi connectivity index (χ4v) is 6.12. The summed E-state index contributed by atoms with van der Waals surface area (Å²) in [5.74, 6) is 2.85. The summed E-state index contributed by atoms with van der Waals surface area (Å²) in [6.45, 7) is 1.80. The number of benzene rings is 1. The van der Waals surface area contributed by atoms with Gasteiger partial charge in [0.2, 0.25) is 5.95 Å². The summed E-state index contributed by atoms with van der Waals surface area (Å²) in [4.78, 5) is 25.9. The minimum atomic E-state index is -0.284. The van der Waals surface area contributed by atoms with Crippen LogP contribution in [-0.4, -0.2) is 57.3 Å². The molecule has 2 N–H and O–H groups in total. The second-order valence-corrected chi connectivity index (χ2v) is 10.6. The number of rotatable bonds is 8. The molecule has 2 aliphatic heterocycles. The second-order valence-electron chi connectivity index (χ2n) is 10.6. The van der Waals surface area contributed by atoms with E-state index < -0.39 is 0 Å². The SMILES string of the molecule is CN(CC12CC(C1)N(c1nccc(Nc3cc(C4CCCC4)[nH]n3)n1)C2)C(=O)OCc1ccccc1. The van der Waals surface area contributed by atoms with Gasteiger partial charge in [0.05, 0.1) is 0 Å². The Balaban J connectivity index is 1.05. The normalized spacial score (nSPS) is 22.9. The number of carbonyl (C=O) groups excluding carboxylic acids is 1. The van der Waals surface area contributed by atoms with Gasteiger partial charge in [0, 0.05) is 55.5 Å². The first-order valence-corrected chi connectivity index (χ1v) is 12.9. The molecule has 7 rings (SSSR count). The molecule has 0 atom stereocenters. The minimum absolute atomic E-state index is 0.0658. The average Bonchev–Trinajstić information content (AvgIpc) is 3.67. The van der Waals surface area contributed by atoms with Crippen LogP contribution in [0.4, 0.5) is 22.4 Å². The first-order chi connectivity index (χ1) is 17.6. The van der Waals surface area contributed by atoms with E-state index in [1.807, 2.05) is 43.4 Å². The number of fused-ring (bicyclic) bond motifs is 1. The highest BCUT2D eigenvalue weighted by molar-refractivity contribution is 5.67. The first-order valence-electron chi connectivity index (χ1n) is 12.9. The molecular formula is C27H33N7O2. The number of carbonyl (C=O) groups is 1. The summed E-state index contributed by atoms with van der Waals surface area (Å²) in [5, 5.41) is 11.0. The van der Waals surface area contributed by atoms with Crippen molar-refractivity contribution >= 4 is 23.7 Å². The van der Waals surface area contributed by atoms with Crippen LogP contribution in [0, 0.1) is 5.41 Å². The van der Waals surface area contributed by atoms with Gasteiger partial charge in [0.15, 0.2) is 5.82 Å². The van der Waals surface area contributed by atoms with Crippen LogP contribution in [0.1, 0.15) is 55.7 Å². The van der Waals surface area contributed by atoms with Gasteiger partial charge < -0.3 is 19.9 Å². The summed E-state index contributed by atoms with van der Waals surface area (Å²) in [7, 11) is 1.82. The highest BCUT2D eigenvalue weighted by atomic mass is 16.6. The molecule has 9 nitrogen and oxygen atoms in total. The molecule has 9 heteroatoms. The Labute approximate surface area is 211 Å². The molecule has 36 heavy (non-hydrogen) atoms. The van der Waals surface area contributed by atoms with Crippen molar-refractivity contribution in [2.24, 2.45) is 5.41 Å². The molecule has 1 aromatic carbocycles. The van der Waals surface area contributed by atoms with Crippen molar-refractivity contribution in [2.75, 3.05) is 30.4 Å². The lowest BCUT2D eigenvalue weighted by atomic mass is 9.70. The smallest absolute Gasteiger partial charge is 0.409 e. The molecule has 2 saturated heterocycles. The van der Waals surface area contributed by atoms with E-state index in [0.717, 1.165) is 42.5 Å². The number of nitrogens with zero attached hydrogens (tertiary/aromatic N) is 5. The third kappa shape index (κ3) is 4.62. The summed E-state index contributed by atoms with van der Waals surface area (Å²) in [6, 6.07) is 14.2. The van der Waals surface area contributed by atoms with Gasteiger partial charge in [-0.15, -0.1) is 0 Å². The van der Waals surface area contributed by atoms with Crippen LogP contribution in [-0.2, 0) is 11.3 Å². The maximum absolute atomic E-state index is 12.6. The maximum atomic E-state index is 12.6. The molecule has 188 valence electrons. The monoisotopic (exact) mass is 487 g/mol. The van der Waals surface area contributed by atoms with E-state index in [9.17, 15) is 4.79 Å². The van der Waals surface area contributed by atoms with Gasteiger partial charge in [-0.3, -0.25) is 5.10 Å². The molecule has 2 saturated carbocycles. The molecule has 4 aliphatic rings. The minimum Gasteiger partial charge on any atom is -0.445 e. The summed E-state index contributed by atoms with van der Waals surface area (Å²) in [5.41, 5.74) is 2.26. The largest absolute Gasteiger partial charge is 0.445 e. The number of amides is 1. The van der Waals surface area contributed by atoms with Gasteiger partial charge in [-0.25, -0.2) is 9.78 Å². The number of hydrogen-bond acceptors (Lipinski definition) is 7. The second kappa shape index (κ2) is 9.44. The standard InChI is InChI=1S/C27H33N7O2/c1-33(26(35)36-16-19-7-3-2-4-8-19)17-27-14-21(15-27)34(18-27)25-28-12-11-23(30-25)29-24-13-22(31-32-24)20-9-5-6-10-20/h2-4,7-8,11-13,20-21H,5-6,9-10,14-18H2,1H3,(H2,28,29,30,31,32). The van der Waals surface area contributed by atoms with Crippen molar-refractivity contribution < 1.29 is 9.53 Å². The Bertz CT molecular complexity index is 1200. The van der Waals surface area contributed by atoms with E-state index in [1.165, 1.54) is 31.4 Å². The van der Waals surface area contributed by atoms with E-state index >= 15 is 0 Å². The number of aromatic nitrogens is 4. The number of nitrogens with one attached hydrogen (secondary N) is 2. The predicted molar refractivity (Wildman–Crippen MR) is 137 cm³/mol. The van der Waals surface area contributed by atoms with Crippen molar-refractivity contribution in [3.05, 3.63) is 59.9 Å². The molecule has 0 radical (unpaired) electrons. The number of ether oxygens (including phenoxy) is 1. The third-order valence-corrected chi connectivity index (χ3v) is 7.92. The fourth-order valence-electron chi connectivity index (χ4n) is 6.12. The first kappa shape index (κ1) is 22.8. The van der Waals surface area contributed by atoms with Crippen LogP contribution >= 0.6 is 0 Å². The number of hydrogen-bond donors (Lipinski definition) is 2. The van der Waals surface area contributed by atoms with Crippen LogP contribution in [0.5, 0.6) is 0 Å². The highest BCUT2D eigenvalue weighted by Crippen LogP contribution is 2.53. The highest BCUT2D eigenvalue weighted by Gasteiger charge is 2.56. The Morgan fingerprint density at radius 2 is 2.00 bits per heavy atom. The maximum Gasteiger partial charge on any atom is 0.409 e. The Morgan fingerprint density at radius 3 is 2.81 bits per heavy atom.